The van der Waals surface area contributed by atoms with Gasteiger partial charge in [-0.1, -0.05) is 24.3 Å². The van der Waals surface area contributed by atoms with Crippen LogP contribution in [0.2, 0.25) is 0 Å². The second-order valence-corrected chi connectivity index (χ2v) is 6.33. The number of nitrogens with zero attached hydrogens (tertiary/aromatic N) is 2. The summed E-state index contributed by atoms with van der Waals surface area (Å²) >= 11 is 0. The fraction of sp³-hybridized carbons (Fsp3) is 0.632. The summed E-state index contributed by atoms with van der Waals surface area (Å²) in [6.07, 6.45) is 2.51. The van der Waals surface area contributed by atoms with E-state index in [4.69, 9.17) is 9.73 Å². The Balaban J connectivity index is 1.88. The Morgan fingerprint density at radius 2 is 2.17 bits per heavy atom. The predicted molar refractivity (Wildman–Crippen MR) is 100 cm³/mol. The van der Waals surface area contributed by atoms with E-state index in [1.807, 2.05) is 0 Å². The number of benzene rings is 1. The Morgan fingerprint density at radius 1 is 1.33 bits per heavy atom. The highest BCUT2D eigenvalue weighted by Crippen LogP contribution is 2.15. The molecule has 0 saturated carbocycles. The normalized spacial score (nSPS) is 18.8. The topological polar surface area (TPSA) is 48.9 Å². The third-order valence-corrected chi connectivity index (χ3v) is 4.60. The highest BCUT2D eigenvalue weighted by atomic mass is 16.5. The molecule has 5 nitrogen and oxygen atoms in total. The summed E-state index contributed by atoms with van der Waals surface area (Å²) in [5.41, 5.74) is 2.57. The van der Waals surface area contributed by atoms with E-state index in [0.717, 1.165) is 32.2 Å². The van der Waals surface area contributed by atoms with Crippen molar-refractivity contribution in [3.05, 3.63) is 35.4 Å². The molecule has 1 aromatic carbocycles. The molecule has 1 fully saturated rings. The molecule has 5 heteroatoms. The van der Waals surface area contributed by atoms with Crippen LogP contribution >= 0.6 is 0 Å². The lowest BCUT2D eigenvalue weighted by atomic mass is 10.1. The molecule has 1 unspecified atom stereocenters. The highest BCUT2D eigenvalue weighted by Gasteiger charge is 2.23. The molecule has 24 heavy (non-hydrogen) atoms. The number of aryl methyl sites for hydroxylation is 1. The van der Waals surface area contributed by atoms with Gasteiger partial charge in [0.25, 0.3) is 0 Å². The van der Waals surface area contributed by atoms with Gasteiger partial charge in [-0.2, -0.15) is 0 Å². The first kappa shape index (κ1) is 18.7. The lowest BCUT2D eigenvalue weighted by Crippen LogP contribution is -2.45. The summed E-state index contributed by atoms with van der Waals surface area (Å²) in [5, 5.41) is 6.87. The van der Waals surface area contributed by atoms with Crippen molar-refractivity contribution >= 4 is 5.96 Å². The number of aliphatic imine (C=N–C) groups is 1. The van der Waals surface area contributed by atoms with Gasteiger partial charge < -0.3 is 15.4 Å². The van der Waals surface area contributed by atoms with Crippen molar-refractivity contribution in [2.24, 2.45) is 4.99 Å². The average Bonchev–Trinajstić information content (AvgIpc) is 3.04. The summed E-state index contributed by atoms with van der Waals surface area (Å²) in [6, 6.07) is 9.00. The van der Waals surface area contributed by atoms with E-state index < -0.39 is 0 Å². The van der Waals surface area contributed by atoms with Gasteiger partial charge in [-0.25, -0.2) is 4.99 Å². The lowest BCUT2D eigenvalue weighted by Gasteiger charge is -2.25. The first-order valence-electron chi connectivity index (χ1n) is 9.04. The molecule has 0 amide bonds. The van der Waals surface area contributed by atoms with Crippen LogP contribution in [0.4, 0.5) is 0 Å². The highest BCUT2D eigenvalue weighted by molar-refractivity contribution is 5.79. The smallest absolute Gasteiger partial charge is 0.191 e. The molecule has 134 valence electrons. The van der Waals surface area contributed by atoms with Gasteiger partial charge in [0.15, 0.2) is 5.96 Å². The minimum atomic E-state index is 0.572. The van der Waals surface area contributed by atoms with Crippen LogP contribution in [0.5, 0.6) is 0 Å². The number of likely N-dealkylation sites (tertiary alicyclic amines) is 1. The number of rotatable bonds is 8. The average molecular weight is 332 g/mol. The van der Waals surface area contributed by atoms with Gasteiger partial charge in [-0.15, -0.1) is 0 Å². The molecule has 0 spiro atoms. The largest absolute Gasteiger partial charge is 0.383 e. The van der Waals surface area contributed by atoms with E-state index >= 15 is 0 Å². The molecule has 1 aromatic rings. The zero-order chi connectivity index (χ0) is 17.2. The van der Waals surface area contributed by atoms with Crippen molar-refractivity contribution in [1.82, 2.24) is 15.5 Å². The Hall–Kier alpha value is -1.59. The maximum atomic E-state index is 5.22. The van der Waals surface area contributed by atoms with E-state index in [-0.39, 0.29) is 0 Å². The van der Waals surface area contributed by atoms with E-state index in [2.05, 4.69) is 53.6 Å². The van der Waals surface area contributed by atoms with Gasteiger partial charge in [-0.3, -0.25) is 4.90 Å². The summed E-state index contributed by atoms with van der Waals surface area (Å²) in [4.78, 5) is 7.26. The Kier molecular flexibility index (Phi) is 8.05. The molecule has 1 aliphatic heterocycles. The van der Waals surface area contributed by atoms with Crippen molar-refractivity contribution < 1.29 is 4.74 Å². The molecule has 1 heterocycles. The zero-order valence-corrected chi connectivity index (χ0v) is 15.3. The van der Waals surface area contributed by atoms with Gasteiger partial charge >= 0.3 is 0 Å². The van der Waals surface area contributed by atoms with Crippen LogP contribution in [0.25, 0.3) is 0 Å². The predicted octanol–water partition coefficient (Wildman–Crippen LogP) is 2.16. The number of ether oxygens (including phenoxy) is 1. The molecule has 2 rings (SSSR count). The number of methoxy groups -OCH3 is 1. The van der Waals surface area contributed by atoms with E-state index in [1.54, 1.807) is 7.11 Å². The number of hydrogen-bond acceptors (Lipinski definition) is 3. The maximum absolute atomic E-state index is 5.22. The number of nitrogens with one attached hydrogen (secondary N) is 2. The monoisotopic (exact) mass is 332 g/mol. The van der Waals surface area contributed by atoms with Gasteiger partial charge in [0, 0.05) is 32.8 Å². The SMILES string of the molecule is CCNC(=NCc1ccccc1C)NCC1CCCN1CCOC. The van der Waals surface area contributed by atoms with Crippen LogP contribution in [-0.2, 0) is 11.3 Å². The van der Waals surface area contributed by atoms with Crippen molar-refractivity contribution in [2.75, 3.05) is 39.9 Å². The third kappa shape index (κ3) is 5.80. The number of guanidine groups is 1. The van der Waals surface area contributed by atoms with Crippen molar-refractivity contribution in [3.63, 3.8) is 0 Å². The summed E-state index contributed by atoms with van der Waals surface area (Å²) in [5.74, 6) is 0.902. The fourth-order valence-corrected chi connectivity index (χ4v) is 3.14. The van der Waals surface area contributed by atoms with E-state index in [1.165, 1.54) is 30.5 Å². The third-order valence-electron chi connectivity index (χ3n) is 4.60. The second-order valence-electron chi connectivity index (χ2n) is 6.33. The summed E-state index contributed by atoms with van der Waals surface area (Å²) in [7, 11) is 1.77. The van der Waals surface area contributed by atoms with Crippen molar-refractivity contribution in [2.45, 2.75) is 39.3 Å². The maximum Gasteiger partial charge on any atom is 0.191 e. The quantitative estimate of drug-likeness (QED) is 0.566. The van der Waals surface area contributed by atoms with Gasteiger partial charge in [-0.05, 0) is 44.4 Å². The minimum absolute atomic E-state index is 0.572. The molecule has 0 bridgehead atoms. The lowest BCUT2D eigenvalue weighted by molar-refractivity contribution is 0.141. The van der Waals surface area contributed by atoms with E-state index in [0.29, 0.717) is 12.6 Å². The zero-order valence-electron chi connectivity index (χ0n) is 15.3. The molecular formula is C19H32N4O. The summed E-state index contributed by atoms with van der Waals surface area (Å²) in [6.45, 7) is 9.74. The Bertz CT molecular complexity index is 518. The Morgan fingerprint density at radius 3 is 2.92 bits per heavy atom. The number of hydrogen-bond donors (Lipinski definition) is 2. The second kappa shape index (κ2) is 10.3. The standard InChI is InChI=1S/C19H32N4O/c1-4-20-19(21-14-17-9-6-5-8-16(17)2)22-15-18-10-7-11-23(18)12-13-24-3/h5-6,8-9,18H,4,7,10-15H2,1-3H3,(H2,20,21,22). The van der Waals surface area contributed by atoms with Crippen molar-refractivity contribution in [3.8, 4) is 0 Å². The minimum Gasteiger partial charge on any atom is -0.383 e. The Labute approximate surface area is 146 Å². The summed E-state index contributed by atoms with van der Waals surface area (Å²) < 4.78 is 5.22. The molecule has 1 aliphatic rings. The first-order valence-corrected chi connectivity index (χ1v) is 9.04. The first-order chi connectivity index (χ1) is 11.7. The van der Waals surface area contributed by atoms with Crippen LogP contribution in [0.15, 0.2) is 29.3 Å². The van der Waals surface area contributed by atoms with Crippen molar-refractivity contribution in [1.29, 1.82) is 0 Å². The molecular weight excluding hydrogens is 300 g/mol. The van der Waals surface area contributed by atoms with Crippen LogP contribution in [0.1, 0.15) is 30.9 Å². The van der Waals surface area contributed by atoms with Crippen LogP contribution in [0.3, 0.4) is 0 Å². The van der Waals surface area contributed by atoms with Crippen LogP contribution in [0, 0.1) is 6.92 Å². The van der Waals surface area contributed by atoms with Crippen LogP contribution in [-0.4, -0.2) is 56.8 Å². The van der Waals surface area contributed by atoms with Crippen LogP contribution < -0.4 is 10.6 Å². The fourth-order valence-electron chi connectivity index (χ4n) is 3.14. The molecule has 0 aromatic heterocycles. The van der Waals surface area contributed by atoms with Gasteiger partial charge in [0.1, 0.15) is 0 Å². The molecule has 2 N–H and O–H groups in total. The van der Waals surface area contributed by atoms with Gasteiger partial charge in [0.05, 0.1) is 13.2 Å². The molecule has 1 atom stereocenters. The molecule has 0 aliphatic carbocycles. The molecule has 1 saturated heterocycles. The molecule has 0 radical (unpaired) electrons. The van der Waals surface area contributed by atoms with Gasteiger partial charge in [0.2, 0.25) is 0 Å². The van der Waals surface area contributed by atoms with E-state index in [9.17, 15) is 0 Å².